The van der Waals surface area contributed by atoms with Crippen LogP contribution in [0.25, 0.3) is 0 Å². The van der Waals surface area contributed by atoms with Crippen molar-refractivity contribution in [3.63, 3.8) is 0 Å². The third kappa shape index (κ3) is 4.00. The van der Waals surface area contributed by atoms with Gasteiger partial charge in [0.05, 0.1) is 24.7 Å². The van der Waals surface area contributed by atoms with Gasteiger partial charge in [0.25, 0.3) is 5.91 Å². The fourth-order valence-corrected chi connectivity index (χ4v) is 2.65. The lowest BCUT2D eigenvalue weighted by molar-refractivity contribution is 0.102. The largest absolute Gasteiger partial charge is 0.495 e. The van der Waals surface area contributed by atoms with Crippen molar-refractivity contribution in [1.29, 1.82) is 0 Å². The van der Waals surface area contributed by atoms with Crippen molar-refractivity contribution in [2.45, 2.75) is 13.8 Å². The van der Waals surface area contributed by atoms with Gasteiger partial charge in [0, 0.05) is 5.69 Å². The first-order valence-electron chi connectivity index (χ1n) is 8.31. The number of carbonyl (C=O) groups excluding carboxylic acids is 1. The molecule has 2 N–H and O–H groups in total. The zero-order valence-corrected chi connectivity index (χ0v) is 15.0. The molecule has 0 bridgehead atoms. The van der Waals surface area contributed by atoms with Gasteiger partial charge >= 0.3 is 0 Å². The van der Waals surface area contributed by atoms with E-state index >= 15 is 0 Å². The first-order valence-corrected chi connectivity index (χ1v) is 8.31. The second-order valence-corrected chi connectivity index (χ2v) is 6.03. The highest BCUT2D eigenvalue weighted by atomic mass is 16.5. The van der Waals surface area contributed by atoms with Crippen molar-refractivity contribution < 1.29 is 9.53 Å². The quantitative estimate of drug-likeness (QED) is 0.702. The van der Waals surface area contributed by atoms with Gasteiger partial charge < -0.3 is 15.4 Å². The predicted molar refractivity (Wildman–Crippen MR) is 104 cm³/mol. The van der Waals surface area contributed by atoms with Gasteiger partial charge in [-0.1, -0.05) is 29.8 Å². The molecule has 1 aromatic heterocycles. The molecule has 1 heterocycles. The molecule has 0 aliphatic carbocycles. The SMILES string of the molecule is COc1ccccc1Nc1ccc(C(=O)Nc2ccc(C)cc2C)nc1. The smallest absolute Gasteiger partial charge is 0.274 e. The second kappa shape index (κ2) is 7.70. The number of pyridine rings is 1. The number of hydrogen-bond donors (Lipinski definition) is 2. The molecule has 0 atom stereocenters. The zero-order valence-electron chi connectivity index (χ0n) is 15.0. The molecule has 0 fully saturated rings. The van der Waals surface area contributed by atoms with Crippen molar-refractivity contribution in [3.8, 4) is 5.75 Å². The second-order valence-electron chi connectivity index (χ2n) is 6.03. The number of aromatic nitrogens is 1. The number of nitrogens with one attached hydrogen (secondary N) is 2. The van der Waals surface area contributed by atoms with Crippen LogP contribution < -0.4 is 15.4 Å². The van der Waals surface area contributed by atoms with Gasteiger partial charge in [-0.05, 0) is 49.7 Å². The van der Waals surface area contributed by atoms with Crippen LogP contribution in [-0.2, 0) is 0 Å². The Morgan fingerprint density at radius 1 is 1.00 bits per heavy atom. The summed E-state index contributed by atoms with van der Waals surface area (Å²) in [4.78, 5) is 16.7. The fraction of sp³-hybridized carbons (Fsp3) is 0.143. The Bertz CT molecular complexity index is 921. The van der Waals surface area contributed by atoms with Crippen molar-refractivity contribution in [1.82, 2.24) is 4.98 Å². The molecule has 3 aromatic rings. The highest BCUT2D eigenvalue weighted by Crippen LogP contribution is 2.26. The molecule has 0 saturated carbocycles. The van der Waals surface area contributed by atoms with E-state index in [1.165, 1.54) is 0 Å². The normalized spacial score (nSPS) is 10.3. The van der Waals surface area contributed by atoms with Gasteiger partial charge in [0.15, 0.2) is 0 Å². The number of carbonyl (C=O) groups is 1. The summed E-state index contributed by atoms with van der Waals surface area (Å²) in [5.41, 5.74) is 4.94. The van der Waals surface area contributed by atoms with E-state index in [1.807, 2.05) is 62.4 Å². The van der Waals surface area contributed by atoms with Crippen LogP contribution >= 0.6 is 0 Å². The molecule has 0 aliphatic heterocycles. The Hall–Kier alpha value is -3.34. The number of ether oxygens (including phenoxy) is 1. The summed E-state index contributed by atoms with van der Waals surface area (Å²) in [6, 6.07) is 17.0. The standard InChI is InChI=1S/C21H21N3O2/c1-14-8-10-17(15(2)12-14)24-21(25)19-11-9-16(13-22-19)23-18-6-4-5-7-20(18)26-3/h4-13,23H,1-3H3,(H,24,25). The minimum Gasteiger partial charge on any atom is -0.495 e. The topological polar surface area (TPSA) is 63.2 Å². The minimum absolute atomic E-state index is 0.235. The zero-order chi connectivity index (χ0) is 18.5. The fourth-order valence-electron chi connectivity index (χ4n) is 2.65. The number of rotatable bonds is 5. The van der Waals surface area contributed by atoms with Crippen LogP contribution in [0.4, 0.5) is 17.1 Å². The summed E-state index contributed by atoms with van der Waals surface area (Å²) in [6.07, 6.45) is 1.63. The minimum atomic E-state index is -0.235. The molecule has 5 nitrogen and oxygen atoms in total. The van der Waals surface area contributed by atoms with Crippen LogP contribution in [0.2, 0.25) is 0 Å². The Labute approximate surface area is 153 Å². The number of methoxy groups -OCH3 is 1. The molecule has 0 spiro atoms. The molecule has 0 saturated heterocycles. The number of anilines is 3. The van der Waals surface area contributed by atoms with Crippen LogP contribution in [0.1, 0.15) is 21.6 Å². The number of benzene rings is 2. The average Bonchev–Trinajstić information content (AvgIpc) is 2.65. The third-order valence-electron chi connectivity index (χ3n) is 4.01. The van der Waals surface area contributed by atoms with Crippen molar-refractivity contribution in [2.24, 2.45) is 0 Å². The van der Waals surface area contributed by atoms with Gasteiger partial charge in [-0.15, -0.1) is 0 Å². The Balaban J connectivity index is 1.71. The summed E-state index contributed by atoms with van der Waals surface area (Å²) in [6.45, 7) is 3.99. The van der Waals surface area contributed by atoms with Gasteiger partial charge in [-0.3, -0.25) is 4.79 Å². The average molecular weight is 347 g/mol. The lowest BCUT2D eigenvalue weighted by Gasteiger charge is -2.11. The lowest BCUT2D eigenvalue weighted by Crippen LogP contribution is -2.14. The maximum atomic E-state index is 12.4. The summed E-state index contributed by atoms with van der Waals surface area (Å²) < 4.78 is 5.32. The highest BCUT2D eigenvalue weighted by molar-refractivity contribution is 6.03. The summed E-state index contributed by atoms with van der Waals surface area (Å²) in [5, 5.41) is 6.13. The highest BCUT2D eigenvalue weighted by Gasteiger charge is 2.10. The van der Waals surface area contributed by atoms with E-state index in [4.69, 9.17) is 4.74 Å². The Morgan fingerprint density at radius 3 is 2.50 bits per heavy atom. The van der Waals surface area contributed by atoms with E-state index in [1.54, 1.807) is 19.4 Å². The van der Waals surface area contributed by atoms with E-state index in [-0.39, 0.29) is 5.91 Å². The number of aryl methyl sites for hydroxylation is 2. The van der Waals surface area contributed by atoms with Crippen LogP contribution in [0, 0.1) is 13.8 Å². The van der Waals surface area contributed by atoms with Crippen LogP contribution in [0.15, 0.2) is 60.8 Å². The van der Waals surface area contributed by atoms with E-state index in [9.17, 15) is 4.79 Å². The van der Waals surface area contributed by atoms with Crippen molar-refractivity contribution in [2.75, 3.05) is 17.7 Å². The molecule has 5 heteroatoms. The third-order valence-corrected chi connectivity index (χ3v) is 4.01. The summed E-state index contributed by atoms with van der Waals surface area (Å²) in [5.74, 6) is 0.505. The van der Waals surface area contributed by atoms with Gasteiger partial charge in [-0.2, -0.15) is 0 Å². The van der Waals surface area contributed by atoms with Crippen molar-refractivity contribution in [3.05, 3.63) is 77.6 Å². The molecule has 3 rings (SSSR count). The van der Waals surface area contributed by atoms with E-state index in [0.717, 1.165) is 33.9 Å². The summed E-state index contributed by atoms with van der Waals surface area (Å²) in [7, 11) is 1.62. The Kier molecular flexibility index (Phi) is 5.17. The number of nitrogens with zero attached hydrogens (tertiary/aromatic N) is 1. The Morgan fingerprint density at radius 2 is 1.81 bits per heavy atom. The predicted octanol–water partition coefficient (Wildman–Crippen LogP) is 4.70. The van der Waals surface area contributed by atoms with Gasteiger partial charge in [0.2, 0.25) is 0 Å². The number of amides is 1. The van der Waals surface area contributed by atoms with Crippen LogP contribution in [-0.4, -0.2) is 18.0 Å². The molecule has 26 heavy (non-hydrogen) atoms. The maximum absolute atomic E-state index is 12.4. The van der Waals surface area contributed by atoms with E-state index in [2.05, 4.69) is 15.6 Å². The van der Waals surface area contributed by atoms with Crippen LogP contribution in [0.3, 0.4) is 0 Å². The summed E-state index contributed by atoms with van der Waals surface area (Å²) >= 11 is 0. The molecular weight excluding hydrogens is 326 g/mol. The molecular formula is C21H21N3O2. The molecule has 1 amide bonds. The lowest BCUT2D eigenvalue weighted by atomic mass is 10.1. The van der Waals surface area contributed by atoms with Crippen LogP contribution in [0.5, 0.6) is 5.75 Å². The number of para-hydroxylation sites is 2. The first-order chi connectivity index (χ1) is 12.6. The van der Waals surface area contributed by atoms with E-state index < -0.39 is 0 Å². The van der Waals surface area contributed by atoms with Gasteiger partial charge in [0.1, 0.15) is 11.4 Å². The molecule has 0 radical (unpaired) electrons. The molecule has 0 aliphatic rings. The monoisotopic (exact) mass is 347 g/mol. The first kappa shape index (κ1) is 17.5. The number of hydrogen-bond acceptors (Lipinski definition) is 4. The maximum Gasteiger partial charge on any atom is 0.274 e. The molecule has 0 unspecified atom stereocenters. The van der Waals surface area contributed by atoms with E-state index in [0.29, 0.717) is 5.69 Å². The van der Waals surface area contributed by atoms with Crippen molar-refractivity contribution >= 4 is 23.0 Å². The van der Waals surface area contributed by atoms with Gasteiger partial charge in [-0.25, -0.2) is 4.98 Å². The molecule has 132 valence electrons. The molecule has 2 aromatic carbocycles.